The number of anilines is 1. The van der Waals surface area contributed by atoms with Crippen LogP contribution in [0.4, 0.5) is 5.82 Å². The van der Waals surface area contributed by atoms with Crippen LogP contribution in [-0.2, 0) is 16.0 Å². The predicted octanol–water partition coefficient (Wildman–Crippen LogP) is 6.21. The smallest absolute Gasteiger partial charge is 0.308 e. The molecule has 2 aromatic rings. The van der Waals surface area contributed by atoms with Gasteiger partial charge in [0.2, 0.25) is 0 Å². The van der Waals surface area contributed by atoms with Crippen LogP contribution in [0.1, 0.15) is 64.1 Å². The first kappa shape index (κ1) is 31.9. The molecular formula is C30H40BrN5O3. The van der Waals surface area contributed by atoms with Gasteiger partial charge >= 0.3 is 5.97 Å². The number of aliphatic imine (C=N–C) groups is 1. The van der Waals surface area contributed by atoms with Crippen LogP contribution < -0.4 is 5.73 Å². The lowest BCUT2D eigenvalue weighted by atomic mass is 9.88. The Kier molecular flexibility index (Phi) is 12.5. The number of allylic oxidation sites excluding steroid dienone is 6. The van der Waals surface area contributed by atoms with E-state index in [0.29, 0.717) is 53.7 Å². The van der Waals surface area contributed by atoms with Crippen LogP contribution in [0.2, 0.25) is 0 Å². The van der Waals surface area contributed by atoms with Crippen molar-refractivity contribution in [2.45, 2.75) is 64.9 Å². The van der Waals surface area contributed by atoms with Crippen molar-refractivity contribution < 1.29 is 14.6 Å². The first-order chi connectivity index (χ1) is 18.6. The lowest BCUT2D eigenvalue weighted by Crippen LogP contribution is -2.32. The van der Waals surface area contributed by atoms with E-state index in [1.165, 1.54) is 7.11 Å². The molecule has 9 heteroatoms. The molecule has 39 heavy (non-hydrogen) atoms. The molecule has 0 aliphatic heterocycles. The summed E-state index contributed by atoms with van der Waals surface area (Å²) < 4.78 is 6.99. The molecule has 2 aromatic heterocycles. The average Bonchev–Trinajstić information content (AvgIpc) is 3.34. The summed E-state index contributed by atoms with van der Waals surface area (Å²) in [5, 5.41) is 15.4. The van der Waals surface area contributed by atoms with Crippen LogP contribution in [0.5, 0.6) is 0 Å². The topological polar surface area (TPSA) is 115 Å². The molecule has 2 heterocycles. The van der Waals surface area contributed by atoms with Gasteiger partial charge in [0.05, 0.1) is 42.0 Å². The average molecular weight is 599 g/mol. The number of nitrogens with two attached hydrogens (primary N) is 1. The van der Waals surface area contributed by atoms with Gasteiger partial charge < -0.3 is 15.6 Å². The summed E-state index contributed by atoms with van der Waals surface area (Å²) in [7, 11) is 1.33. The van der Waals surface area contributed by atoms with Gasteiger partial charge in [-0.3, -0.25) is 9.79 Å². The van der Waals surface area contributed by atoms with Crippen LogP contribution in [0.3, 0.4) is 0 Å². The number of methoxy groups -OCH3 is 1. The van der Waals surface area contributed by atoms with E-state index in [4.69, 9.17) is 15.5 Å². The van der Waals surface area contributed by atoms with E-state index >= 15 is 0 Å². The first-order valence-corrected chi connectivity index (χ1v) is 13.8. The summed E-state index contributed by atoms with van der Waals surface area (Å²) in [4.78, 5) is 21.2. The van der Waals surface area contributed by atoms with Gasteiger partial charge in [0.1, 0.15) is 5.82 Å². The highest BCUT2D eigenvalue weighted by atomic mass is 79.9. The molecule has 3 N–H and O–H groups in total. The summed E-state index contributed by atoms with van der Waals surface area (Å²) in [6.45, 7) is 14.5. The largest absolute Gasteiger partial charge is 0.469 e. The second-order valence-electron chi connectivity index (χ2n) is 9.29. The molecule has 0 aliphatic carbocycles. The third-order valence-corrected chi connectivity index (χ3v) is 7.29. The summed E-state index contributed by atoms with van der Waals surface area (Å²) in [5.74, 6) is 0.00129. The number of ether oxygens (including phenoxy) is 1. The molecule has 2 rings (SSSR count). The molecule has 210 valence electrons. The molecule has 0 fully saturated rings. The zero-order valence-electron chi connectivity index (χ0n) is 23.4. The second kappa shape index (κ2) is 15.3. The monoisotopic (exact) mass is 597 g/mol. The Morgan fingerprint density at radius 2 is 2.10 bits per heavy atom. The molecule has 0 unspecified atom stereocenters. The van der Waals surface area contributed by atoms with Gasteiger partial charge in [0.15, 0.2) is 5.65 Å². The maximum Gasteiger partial charge on any atom is 0.308 e. The number of rotatable bonds is 15. The van der Waals surface area contributed by atoms with Gasteiger partial charge in [0, 0.05) is 11.8 Å². The zero-order valence-corrected chi connectivity index (χ0v) is 25.0. The highest BCUT2D eigenvalue weighted by Gasteiger charge is 2.29. The quantitative estimate of drug-likeness (QED) is 0.143. The Hall–Kier alpha value is -3.30. The van der Waals surface area contributed by atoms with Gasteiger partial charge in [-0.15, -0.1) is 0 Å². The fourth-order valence-corrected chi connectivity index (χ4v) is 4.76. The normalized spacial score (nSPS) is 14.3. The van der Waals surface area contributed by atoms with Gasteiger partial charge in [-0.05, 0) is 72.2 Å². The maximum absolute atomic E-state index is 11.8. The highest BCUT2D eigenvalue weighted by molar-refractivity contribution is 9.10. The van der Waals surface area contributed by atoms with Crippen LogP contribution in [-0.4, -0.2) is 51.1 Å². The molecule has 1 atom stereocenters. The van der Waals surface area contributed by atoms with E-state index in [1.54, 1.807) is 16.9 Å². The number of halogens is 1. The summed E-state index contributed by atoms with van der Waals surface area (Å²) in [6, 6.07) is 0. The molecule has 0 spiro atoms. The predicted molar refractivity (Wildman–Crippen MR) is 164 cm³/mol. The molecule has 0 aliphatic rings. The van der Waals surface area contributed by atoms with Crippen molar-refractivity contribution in [3.63, 3.8) is 0 Å². The first-order valence-electron chi connectivity index (χ1n) is 13.0. The van der Waals surface area contributed by atoms with E-state index < -0.39 is 11.6 Å². The fourth-order valence-electron chi connectivity index (χ4n) is 4.31. The molecule has 0 amide bonds. The molecule has 0 aromatic carbocycles. The third-order valence-electron chi connectivity index (χ3n) is 6.43. The van der Waals surface area contributed by atoms with E-state index in [1.807, 2.05) is 51.2 Å². The van der Waals surface area contributed by atoms with Crippen molar-refractivity contribution in [2.75, 3.05) is 19.4 Å². The number of esters is 1. The molecule has 0 bridgehead atoms. The number of nitrogen functional groups attached to an aromatic ring is 1. The minimum atomic E-state index is -1.12. The van der Waals surface area contributed by atoms with Crippen molar-refractivity contribution in [1.82, 2.24) is 14.6 Å². The number of nitrogens with zero attached hydrogens (tertiary/aromatic N) is 4. The highest BCUT2D eigenvalue weighted by Crippen LogP contribution is 2.30. The number of hydrogen-bond acceptors (Lipinski definition) is 7. The Balaban J connectivity index is 2.24. The molecule has 0 saturated heterocycles. The third kappa shape index (κ3) is 8.60. The Morgan fingerprint density at radius 3 is 2.72 bits per heavy atom. The number of carbonyl (C=O) groups excluding carboxylic acids is 1. The van der Waals surface area contributed by atoms with E-state index in [9.17, 15) is 9.90 Å². The molecule has 0 saturated carbocycles. The minimum absolute atomic E-state index is 0.0344. The summed E-state index contributed by atoms with van der Waals surface area (Å²) >= 11 is 3.56. The fraction of sp³-hybridized carbons (Fsp3) is 0.400. The summed E-state index contributed by atoms with van der Waals surface area (Å²) in [6.07, 6.45) is 16.0. The number of aromatic nitrogens is 3. The number of aryl methyl sites for hydroxylation is 1. The lowest BCUT2D eigenvalue weighted by Gasteiger charge is -2.26. The van der Waals surface area contributed by atoms with Gasteiger partial charge in [-0.1, -0.05) is 56.9 Å². The lowest BCUT2D eigenvalue weighted by molar-refractivity contribution is -0.146. The number of hydrogen-bond donors (Lipinski definition) is 2. The van der Waals surface area contributed by atoms with Gasteiger partial charge in [-0.2, -0.15) is 9.61 Å². The Bertz CT molecular complexity index is 1310. The van der Waals surface area contributed by atoms with Crippen LogP contribution in [0.15, 0.2) is 70.3 Å². The SMILES string of the molecule is C=CC(=C\C=C/C)/C(=C/C)CN=CC(=C)c1cnn2c(N)c(Br)c(CCC[C@](O)(CCC)CC(=O)OC)nc12. The van der Waals surface area contributed by atoms with Crippen molar-refractivity contribution in [3.8, 4) is 0 Å². The van der Waals surface area contributed by atoms with Crippen LogP contribution in [0.25, 0.3) is 11.2 Å². The van der Waals surface area contributed by atoms with E-state index in [0.717, 1.165) is 28.8 Å². The van der Waals surface area contributed by atoms with Crippen molar-refractivity contribution in [1.29, 1.82) is 0 Å². The standard InChI is InChI=1S/C30H40BrN5O3/c1-7-11-13-22(9-3)23(10-4)19-33-18-21(5)24-20-34-36-28(32)27(31)25(35-29(24)36)14-12-16-30(38,15-8-2)17-26(37)39-6/h7,9-11,13,18,20,38H,3,5,8,12,14-17,19,32H2,1-2,4,6H3/b11-7-,22-13+,23-10+,33-18?/t30-/m1/s1. The molecule has 8 nitrogen and oxygen atoms in total. The summed E-state index contributed by atoms with van der Waals surface area (Å²) in [5.41, 5.74) is 10.0. The number of aliphatic hydroxyl groups is 1. The van der Waals surface area contributed by atoms with Crippen molar-refractivity contribution in [2.24, 2.45) is 4.99 Å². The van der Waals surface area contributed by atoms with Crippen LogP contribution >= 0.6 is 15.9 Å². The van der Waals surface area contributed by atoms with E-state index in [-0.39, 0.29) is 6.42 Å². The molecule has 0 radical (unpaired) electrons. The van der Waals surface area contributed by atoms with Crippen molar-refractivity contribution in [3.05, 3.63) is 76.6 Å². The Morgan fingerprint density at radius 1 is 1.36 bits per heavy atom. The number of fused-ring (bicyclic) bond motifs is 1. The Labute approximate surface area is 239 Å². The zero-order chi connectivity index (χ0) is 29.0. The van der Waals surface area contributed by atoms with Gasteiger partial charge in [-0.25, -0.2) is 4.98 Å². The van der Waals surface area contributed by atoms with Crippen molar-refractivity contribution >= 4 is 45.2 Å². The number of carbonyl (C=O) groups is 1. The second-order valence-corrected chi connectivity index (χ2v) is 10.1. The minimum Gasteiger partial charge on any atom is -0.469 e. The van der Waals surface area contributed by atoms with Crippen LogP contribution in [0, 0.1) is 0 Å². The maximum atomic E-state index is 11.8. The molecular weight excluding hydrogens is 558 g/mol. The van der Waals surface area contributed by atoms with E-state index in [2.05, 4.69) is 39.2 Å². The van der Waals surface area contributed by atoms with Gasteiger partial charge in [0.25, 0.3) is 0 Å².